The van der Waals surface area contributed by atoms with Crippen molar-refractivity contribution in [1.29, 1.82) is 0 Å². The molecule has 0 saturated carbocycles. The monoisotopic (exact) mass is 266 g/mol. The zero-order chi connectivity index (χ0) is 14.7. The third-order valence-electron chi connectivity index (χ3n) is 2.86. The van der Waals surface area contributed by atoms with Crippen LogP contribution in [0.5, 0.6) is 0 Å². The Morgan fingerprint density at radius 3 is 1.68 bits per heavy atom. The van der Waals surface area contributed by atoms with Gasteiger partial charge in [0.05, 0.1) is 0 Å². The van der Waals surface area contributed by atoms with Gasteiger partial charge in [0, 0.05) is 11.6 Å². The lowest BCUT2D eigenvalue weighted by molar-refractivity contribution is -0.133. The number of carboxylic acid groups (broad SMARTS) is 2. The summed E-state index contributed by atoms with van der Waals surface area (Å²) in [6.45, 7) is 4.83. The first-order valence-electron chi connectivity index (χ1n) is 6.41. The van der Waals surface area contributed by atoms with Gasteiger partial charge in [-0.05, 0) is 45.4 Å². The maximum absolute atomic E-state index is 10.1. The fourth-order valence-electron chi connectivity index (χ4n) is 1.55. The van der Waals surface area contributed by atoms with E-state index in [1.165, 1.54) is 25.7 Å². The highest BCUT2D eigenvalue weighted by atomic mass is 16.4. The first-order valence-corrected chi connectivity index (χ1v) is 6.41. The molecule has 0 bridgehead atoms. The van der Waals surface area contributed by atoms with Crippen LogP contribution in [0.15, 0.2) is 36.0 Å². The van der Waals surface area contributed by atoms with Crippen LogP contribution in [0, 0.1) is 0 Å². The molecule has 0 aromatic rings. The van der Waals surface area contributed by atoms with Gasteiger partial charge < -0.3 is 10.2 Å². The van der Waals surface area contributed by atoms with Crippen molar-refractivity contribution in [2.75, 3.05) is 0 Å². The Morgan fingerprint density at radius 1 is 1.16 bits per heavy atom. The van der Waals surface area contributed by atoms with Crippen molar-refractivity contribution in [1.82, 2.24) is 0 Å². The molecule has 0 spiro atoms. The van der Waals surface area contributed by atoms with Crippen molar-refractivity contribution in [2.24, 2.45) is 0 Å². The van der Waals surface area contributed by atoms with Crippen LogP contribution in [-0.4, -0.2) is 22.2 Å². The van der Waals surface area contributed by atoms with Crippen LogP contribution in [0.2, 0.25) is 0 Å². The largest absolute Gasteiger partial charge is 0.478 e. The van der Waals surface area contributed by atoms with Crippen molar-refractivity contribution in [2.45, 2.75) is 45.4 Å². The minimum absolute atomic E-state index is 0.616. The molecular formula is C15H22O4. The summed E-state index contributed by atoms with van der Waals surface area (Å²) in [4.78, 5) is 19.4. The van der Waals surface area contributed by atoms with Gasteiger partial charge in [0.1, 0.15) is 0 Å². The van der Waals surface area contributed by atoms with Gasteiger partial charge in [-0.1, -0.05) is 24.3 Å². The first kappa shape index (κ1) is 17.2. The van der Waals surface area contributed by atoms with Crippen LogP contribution in [0.1, 0.15) is 45.4 Å². The molecule has 0 saturated heterocycles. The van der Waals surface area contributed by atoms with Crippen LogP contribution in [-0.2, 0) is 9.59 Å². The Hall–Kier alpha value is -1.84. The molecule has 0 heterocycles. The average molecular weight is 266 g/mol. The fraction of sp³-hybridized carbons (Fsp3) is 0.467. The summed E-state index contributed by atoms with van der Waals surface area (Å²) in [5.41, 5.74) is 1.66. The van der Waals surface area contributed by atoms with E-state index in [2.05, 4.69) is 18.7 Å². The zero-order valence-corrected chi connectivity index (χ0v) is 11.4. The lowest BCUT2D eigenvalue weighted by atomic mass is 9.90. The number of aliphatic carboxylic acids is 2. The highest BCUT2D eigenvalue weighted by Crippen LogP contribution is 2.26. The van der Waals surface area contributed by atoms with Crippen LogP contribution < -0.4 is 0 Å². The number of hydrogen-bond donors (Lipinski definition) is 2. The van der Waals surface area contributed by atoms with E-state index < -0.39 is 11.9 Å². The van der Waals surface area contributed by atoms with E-state index in [9.17, 15) is 9.59 Å². The minimum Gasteiger partial charge on any atom is -0.478 e. The standard InChI is InChI=1S/C6H8O2.C6H10.C3H4O2/c1-4-2-3-5(4)6(7)8;1-2-4-6-5-3-1;1-2-3(4)5/h2-3H2,1H3,(H,7,8);1-2H,3-6H2;2H,1H2,(H,4,5). The molecule has 0 aromatic heterocycles. The average Bonchev–Trinajstić information content (AvgIpc) is 2.39. The van der Waals surface area contributed by atoms with E-state index in [-0.39, 0.29) is 0 Å². The van der Waals surface area contributed by atoms with Gasteiger partial charge in [-0.15, -0.1) is 0 Å². The van der Waals surface area contributed by atoms with Crippen LogP contribution in [0.3, 0.4) is 0 Å². The molecule has 2 N–H and O–H groups in total. The van der Waals surface area contributed by atoms with Crippen molar-refractivity contribution in [3.05, 3.63) is 36.0 Å². The molecule has 4 heteroatoms. The molecule has 19 heavy (non-hydrogen) atoms. The van der Waals surface area contributed by atoms with Gasteiger partial charge in [-0.3, -0.25) is 0 Å². The predicted octanol–water partition coefficient (Wildman–Crippen LogP) is 3.55. The normalized spacial score (nSPS) is 16.1. The van der Waals surface area contributed by atoms with Gasteiger partial charge in [-0.2, -0.15) is 0 Å². The minimum atomic E-state index is -0.981. The Bertz CT molecular complexity index is 370. The topological polar surface area (TPSA) is 74.6 Å². The van der Waals surface area contributed by atoms with E-state index in [1.807, 2.05) is 6.92 Å². The van der Waals surface area contributed by atoms with E-state index >= 15 is 0 Å². The number of hydrogen-bond acceptors (Lipinski definition) is 2. The third-order valence-corrected chi connectivity index (χ3v) is 2.86. The number of carboxylic acids is 2. The Kier molecular flexibility index (Phi) is 9.14. The van der Waals surface area contributed by atoms with Gasteiger partial charge in [0.25, 0.3) is 0 Å². The van der Waals surface area contributed by atoms with Crippen LogP contribution in [0.4, 0.5) is 0 Å². The molecule has 2 aliphatic rings. The van der Waals surface area contributed by atoms with Gasteiger partial charge in [0.2, 0.25) is 0 Å². The highest BCUT2D eigenvalue weighted by Gasteiger charge is 2.18. The second kappa shape index (κ2) is 10.1. The molecule has 2 rings (SSSR count). The van der Waals surface area contributed by atoms with E-state index in [0.29, 0.717) is 5.57 Å². The number of rotatable bonds is 2. The fourth-order valence-corrected chi connectivity index (χ4v) is 1.55. The Balaban J connectivity index is 0.000000265. The Labute approximate surface area is 114 Å². The van der Waals surface area contributed by atoms with Crippen molar-refractivity contribution in [3.8, 4) is 0 Å². The summed E-state index contributed by atoms with van der Waals surface area (Å²) in [6.07, 6.45) is 12.6. The van der Waals surface area contributed by atoms with Crippen LogP contribution in [0.25, 0.3) is 0 Å². The van der Waals surface area contributed by atoms with Gasteiger partial charge in [0.15, 0.2) is 0 Å². The molecule has 0 atom stereocenters. The molecule has 4 nitrogen and oxygen atoms in total. The molecule has 0 aliphatic heterocycles. The summed E-state index contributed by atoms with van der Waals surface area (Å²) >= 11 is 0. The second-order valence-electron chi connectivity index (χ2n) is 4.36. The van der Waals surface area contributed by atoms with Crippen molar-refractivity contribution < 1.29 is 19.8 Å². The molecule has 0 unspecified atom stereocenters. The molecule has 0 amide bonds. The summed E-state index contributed by atoms with van der Waals surface area (Å²) in [6, 6.07) is 0. The van der Waals surface area contributed by atoms with Crippen molar-refractivity contribution in [3.63, 3.8) is 0 Å². The summed E-state index contributed by atoms with van der Waals surface area (Å²) in [7, 11) is 0. The molecule has 106 valence electrons. The zero-order valence-electron chi connectivity index (χ0n) is 11.4. The van der Waals surface area contributed by atoms with Gasteiger partial charge in [-0.25, -0.2) is 9.59 Å². The first-order chi connectivity index (χ1) is 8.99. The summed E-state index contributed by atoms with van der Waals surface area (Å²) in [5, 5.41) is 15.9. The Morgan fingerprint density at radius 2 is 1.63 bits per heavy atom. The lowest BCUT2D eigenvalue weighted by Gasteiger charge is -2.15. The smallest absolute Gasteiger partial charge is 0.331 e. The van der Waals surface area contributed by atoms with E-state index in [1.54, 1.807) is 0 Å². The number of carbonyl (C=O) groups is 2. The molecule has 2 aliphatic carbocycles. The highest BCUT2D eigenvalue weighted by molar-refractivity contribution is 5.89. The predicted molar refractivity (Wildman–Crippen MR) is 75.0 cm³/mol. The number of allylic oxidation sites excluding steroid dienone is 3. The molecular weight excluding hydrogens is 244 g/mol. The van der Waals surface area contributed by atoms with E-state index in [4.69, 9.17) is 10.2 Å². The SMILES string of the molecule is C1=CCCCC1.C=CC(=O)O.CC1=C(C(=O)O)CC1. The lowest BCUT2D eigenvalue weighted by Crippen LogP contribution is -2.10. The van der Waals surface area contributed by atoms with E-state index in [0.717, 1.165) is 24.5 Å². The molecule has 0 aromatic carbocycles. The maximum atomic E-state index is 10.1. The third kappa shape index (κ3) is 8.83. The second-order valence-corrected chi connectivity index (χ2v) is 4.36. The maximum Gasteiger partial charge on any atom is 0.331 e. The summed E-state index contributed by atoms with van der Waals surface area (Å²) < 4.78 is 0. The van der Waals surface area contributed by atoms with Crippen molar-refractivity contribution >= 4 is 11.9 Å². The summed E-state index contributed by atoms with van der Waals surface area (Å²) in [5.74, 6) is -1.72. The van der Waals surface area contributed by atoms with Crippen LogP contribution >= 0.6 is 0 Å². The molecule has 0 radical (unpaired) electrons. The quantitative estimate of drug-likeness (QED) is 0.592. The van der Waals surface area contributed by atoms with Gasteiger partial charge >= 0.3 is 11.9 Å². The molecule has 0 fully saturated rings.